The zero-order chi connectivity index (χ0) is 13.0. The molecule has 0 spiro atoms. The number of urea groups is 1. The predicted molar refractivity (Wildman–Crippen MR) is 45.7 cm³/mol. The van der Waals surface area contributed by atoms with Crippen LogP contribution in [0.25, 0.3) is 0 Å². The maximum absolute atomic E-state index is 11.6. The van der Waals surface area contributed by atoms with Gasteiger partial charge in [-0.05, 0) is 6.92 Å². The number of carbonyl (C=O) groups is 2. The third-order valence-corrected chi connectivity index (χ3v) is 1.50. The van der Waals surface area contributed by atoms with Crippen LogP contribution in [0.5, 0.6) is 0 Å². The van der Waals surface area contributed by atoms with E-state index in [1.165, 1.54) is 5.32 Å². The molecule has 9 heteroatoms. The second-order valence-electron chi connectivity index (χ2n) is 3.23. The average Bonchev–Trinajstić information content (AvgIpc) is 2.10. The van der Waals surface area contributed by atoms with Gasteiger partial charge >= 0.3 is 18.2 Å². The second kappa shape index (κ2) is 5.01. The van der Waals surface area contributed by atoms with E-state index in [1.54, 1.807) is 5.32 Å². The molecule has 2 amide bonds. The summed E-state index contributed by atoms with van der Waals surface area (Å²) in [6.45, 7) is -1.33. The Morgan fingerprint density at radius 3 is 2.00 bits per heavy atom. The van der Waals surface area contributed by atoms with Gasteiger partial charge in [-0.1, -0.05) is 0 Å². The van der Waals surface area contributed by atoms with Gasteiger partial charge in [0.2, 0.25) is 0 Å². The van der Waals surface area contributed by atoms with Crippen molar-refractivity contribution in [2.24, 2.45) is 0 Å². The molecule has 4 N–H and O–H groups in total. The molecule has 0 aromatic heterocycles. The zero-order valence-electron chi connectivity index (χ0n) is 8.26. The molecular weight excluding hydrogens is 233 g/mol. The number of aliphatic hydroxyl groups is 1. The summed E-state index contributed by atoms with van der Waals surface area (Å²) in [6.07, 6.45) is -4.55. The van der Waals surface area contributed by atoms with Crippen molar-refractivity contribution in [2.75, 3.05) is 13.1 Å². The van der Waals surface area contributed by atoms with Gasteiger partial charge in [-0.3, -0.25) is 0 Å². The lowest BCUT2D eigenvalue weighted by atomic mass is 10.1. The summed E-state index contributed by atoms with van der Waals surface area (Å²) in [5.74, 6) is -1.59. The number of carboxylic acids is 1. The minimum atomic E-state index is -4.55. The molecule has 0 saturated carbocycles. The van der Waals surface area contributed by atoms with Crippen molar-refractivity contribution in [3.63, 3.8) is 0 Å². The molecule has 16 heavy (non-hydrogen) atoms. The van der Waals surface area contributed by atoms with E-state index >= 15 is 0 Å². The van der Waals surface area contributed by atoms with Crippen molar-refractivity contribution < 1.29 is 33.0 Å². The number of carbonyl (C=O) groups excluding carboxylic acids is 1. The van der Waals surface area contributed by atoms with Crippen LogP contribution < -0.4 is 10.6 Å². The van der Waals surface area contributed by atoms with Crippen LogP contribution in [0.15, 0.2) is 0 Å². The molecule has 6 nitrogen and oxygen atoms in total. The summed E-state index contributed by atoms with van der Waals surface area (Å²) in [6, 6.07) is -1.21. The summed E-state index contributed by atoms with van der Waals surface area (Å²) >= 11 is 0. The monoisotopic (exact) mass is 244 g/mol. The van der Waals surface area contributed by atoms with E-state index in [1.807, 2.05) is 0 Å². The fourth-order valence-electron chi connectivity index (χ4n) is 0.571. The van der Waals surface area contributed by atoms with E-state index in [4.69, 9.17) is 10.2 Å². The first kappa shape index (κ1) is 14.5. The first-order valence-corrected chi connectivity index (χ1v) is 4.09. The minimum absolute atomic E-state index is 0.702. The highest BCUT2D eigenvalue weighted by Crippen LogP contribution is 2.11. The fraction of sp³-hybridized carbons (Fsp3) is 0.714. The van der Waals surface area contributed by atoms with Gasteiger partial charge in [-0.2, -0.15) is 13.2 Å². The molecule has 1 unspecified atom stereocenters. The van der Waals surface area contributed by atoms with E-state index < -0.39 is 36.9 Å². The molecule has 0 aromatic rings. The van der Waals surface area contributed by atoms with Crippen LogP contribution in [0, 0.1) is 0 Å². The van der Waals surface area contributed by atoms with Crippen LogP contribution in [0.2, 0.25) is 0 Å². The molecule has 0 rings (SSSR count). The highest BCUT2D eigenvalue weighted by atomic mass is 19.4. The normalized spacial score (nSPS) is 15.1. The SMILES string of the molecule is CC(O)(CNC(=O)NCC(F)(F)F)C(=O)O. The Kier molecular flexibility index (Phi) is 4.54. The molecule has 1 atom stereocenters. The van der Waals surface area contributed by atoms with Gasteiger partial charge in [0.05, 0.1) is 6.54 Å². The summed E-state index contributed by atoms with van der Waals surface area (Å²) in [5, 5.41) is 20.8. The number of rotatable bonds is 4. The smallest absolute Gasteiger partial charge is 0.405 e. The molecule has 0 fully saturated rings. The Labute approximate surface area is 88.4 Å². The first-order chi connectivity index (χ1) is 7.04. The lowest BCUT2D eigenvalue weighted by Gasteiger charge is -2.18. The number of aliphatic carboxylic acids is 1. The van der Waals surface area contributed by atoms with Gasteiger partial charge in [0.15, 0.2) is 5.60 Å². The third-order valence-electron chi connectivity index (χ3n) is 1.50. The molecule has 0 saturated heterocycles. The van der Waals surface area contributed by atoms with Gasteiger partial charge in [-0.25, -0.2) is 9.59 Å². The number of hydrogen-bond donors (Lipinski definition) is 4. The van der Waals surface area contributed by atoms with Gasteiger partial charge in [-0.15, -0.1) is 0 Å². The van der Waals surface area contributed by atoms with Crippen molar-refractivity contribution in [2.45, 2.75) is 18.7 Å². The maximum Gasteiger partial charge on any atom is 0.405 e. The molecule has 0 aliphatic rings. The molecule has 0 heterocycles. The van der Waals surface area contributed by atoms with Gasteiger partial charge < -0.3 is 20.8 Å². The fourth-order valence-corrected chi connectivity index (χ4v) is 0.571. The van der Waals surface area contributed by atoms with Crippen LogP contribution in [0.3, 0.4) is 0 Å². The highest BCUT2D eigenvalue weighted by molar-refractivity contribution is 5.79. The first-order valence-electron chi connectivity index (χ1n) is 4.09. The Hall–Kier alpha value is -1.51. The van der Waals surface area contributed by atoms with E-state index in [0.717, 1.165) is 6.92 Å². The Balaban J connectivity index is 3.96. The van der Waals surface area contributed by atoms with E-state index in [2.05, 4.69) is 0 Å². The second-order valence-corrected chi connectivity index (χ2v) is 3.23. The lowest BCUT2D eigenvalue weighted by molar-refractivity contribution is -0.155. The predicted octanol–water partition coefficient (Wildman–Crippen LogP) is -0.316. The topological polar surface area (TPSA) is 98.7 Å². The Morgan fingerprint density at radius 2 is 1.62 bits per heavy atom. The van der Waals surface area contributed by atoms with E-state index in [9.17, 15) is 22.8 Å². The standard InChI is InChI=1S/C7H11F3N2O4/c1-6(16,4(13)14)2-11-5(15)12-3-7(8,9)10/h16H,2-3H2,1H3,(H,13,14)(H2,11,12,15). The van der Waals surface area contributed by atoms with Crippen molar-refractivity contribution in [3.05, 3.63) is 0 Å². The van der Waals surface area contributed by atoms with Gasteiger partial charge in [0, 0.05) is 0 Å². The van der Waals surface area contributed by atoms with Crippen molar-refractivity contribution in [3.8, 4) is 0 Å². The maximum atomic E-state index is 11.6. The molecule has 0 aliphatic heterocycles. The third kappa shape index (κ3) is 6.06. The number of carboxylic acid groups (broad SMARTS) is 1. The van der Waals surface area contributed by atoms with Crippen molar-refractivity contribution in [1.82, 2.24) is 10.6 Å². The number of nitrogens with one attached hydrogen (secondary N) is 2. The van der Waals surface area contributed by atoms with Crippen LogP contribution in [-0.2, 0) is 4.79 Å². The van der Waals surface area contributed by atoms with Crippen molar-refractivity contribution in [1.29, 1.82) is 0 Å². The van der Waals surface area contributed by atoms with Gasteiger partial charge in [0.25, 0.3) is 0 Å². The summed E-state index contributed by atoms with van der Waals surface area (Å²) in [7, 11) is 0. The molecule has 0 radical (unpaired) electrons. The van der Waals surface area contributed by atoms with E-state index in [0.29, 0.717) is 0 Å². The Bertz CT molecular complexity index is 277. The lowest BCUT2D eigenvalue weighted by Crippen LogP contribution is -2.50. The summed E-state index contributed by atoms with van der Waals surface area (Å²) in [5.41, 5.74) is -2.23. The van der Waals surface area contributed by atoms with Crippen LogP contribution in [0.4, 0.5) is 18.0 Å². The Morgan fingerprint density at radius 1 is 1.19 bits per heavy atom. The molecule has 94 valence electrons. The van der Waals surface area contributed by atoms with Crippen LogP contribution >= 0.6 is 0 Å². The van der Waals surface area contributed by atoms with Gasteiger partial charge in [0.1, 0.15) is 6.54 Å². The molecular formula is C7H11F3N2O4. The summed E-state index contributed by atoms with van der Waals surface area (Å²) < 4.78 is 34.9. The number of hydrogen-bond acceptors (Lipinski definition) is 3. The average molecular weight is 244 g/mol. The number of alkyl halides is 3. The molecule has 0 aromatic carbocycles. The summed E-state index contributed by atoms with van der Waals surface area (Å²) in [4.78, 5) is 21.1. The molecule has 0 bridgehead atoms. The molecule has 0 aliphatic carbocycles. The minimum Gasteiger partial charge on any atom is -0.479 e. The number of amides is 2. The van der Waals surface area contributed by atoms with E-state index in [-0.39, 0.29) is 0 Å². The van der Waals surface area contributed by atoms with Crippen molar-refractivity contribution >= 4 is 12.0 Å². The van der Waals surface area contributed by atoms with Crippen LogP contribution in [0.1, 0.15) is 6.92 Å². The van der Waals surface area contributed by atoms with Crippen LogP contribution in [-0.4, -0.2) is 47.1 Å². The quantitative estimate of drug-likeness (QED) is 0.544. The highest BCUT2D eigenvalue weighted by Gasteiger charge is 2.31. The number of halogens is 3. The largest absolute Gasteiger partial charge is 0.479 e. The zero-order valence-corrected chi connectivity index (χ0v) is 8.26.